The van der Waals surface area contributed by atoms with Gasteiger partial charge in [-0.1, -0.05) is 31.9 Å². The van der Waals surface area contributed by atoms with E-state index >= 15 is 0 Å². The summed E-state index contributed by atoms with van der Waals surface area (Å²) in [6, 6.07) is 0. The van der Waals surface area contributed by atoms with Gasteiger partial charge in [0.2, 0.25) is 0 Å². The summed E-state index contributed by atoms with van der Waals surface area (Å²) in [7, 11) is 0. The van der Waals surface area contributed by atoms with Crippen molar-refractivity contribution in [1.29, 1.82) is 0 Å². The fraction of sp³-hybridized carbons (Fsp3) is 0.846. The molecule has 0 aromatic heterocycles. The highest BCUT2D eigenvalue weighted by atomic mass is 16.7. The number of carbonyl (C=O) groups is 2. The summed E-state index contributed by atoms with van der Waals surface area (Å²) in [4.78, 5) is 24.3. The molecule has 2 aliphatic rings. The zero-order valence-electron chi connectivity index (χ0n) is 20.4. The van der Waals surface area contributed by atoms with Crippen molar-refractivity contribution in [3.8, 4) is 0 Å². The molecule has 0 aromatic carbocycles. The normalized spacial score (nSPS) is 25.3. The maximum Gasteiger partial charge on any atom is 0.306 e. The van der Waals surface area contributed by atoms with Gasteiger partial charge in [0.15, 0.2) is 5.79 Å². The molecule has 0 radical (unpaired) electrons. The predicted molar refractivity (Wildman–Crippen MR) is 124 cm³/mol. The van der Waals surface area contributed by atoms with Crippen molar-refractivity contribution in [1.82, 2.24) is 0 Å². The lowest BCUT2D eigenvalue weighted by molar-refractivity contribution is -0.171. The van der Waals surface area contributed by atoms with E-state index < -0.39 is 5.79 Å². The van der Waals surface area contributed by atoms with Gasteiger partial charge in [-0.3, -0.25) is 9.59 Å². The van der Waals surface area contributed by atoms with E-state index in [0.717, 1.165) is 51.4 Å². The summed E-state index contributed by atoms with van der Waals surface area (Å²) < 4.78 is 17.2. The van der Waals surface area contributed by atoms with Gasteiger partial charge in [0.25, 0.3) is 0 Å². The van der Waals surface area contributed by atoms with Crippen LogP contribution in [0.1, 0.15) is 91.4 Å². The van der Waals surface area contributed by atoms with Gasteiger partial charge in [0.1, 0.15) is 5.78 Å². The van der Waals surface area contributed by atoms with Crippen LogP contribution in [0.25, 0.3) is 0 Å². The summed E-state index contributed by atoms with van der Waals surface area (Å²) in [6.07, 6.45) is 13.1. The minimum absolute atomic E-state index is 0.0285. The van der Waals surface area contributed by atoms with Crippen molar-refractivity contribution in [2.75, 3.05) is 19.8 Å². The van der Waals surface area contributed by atoms with E-state index in [1.807, 2.05) is 13.8 Å². The van der Waals surface area contributed by atoms with Gasteiger partial charge in [0.05, 0.1) is 19.3 Å². The smallest absolute Gasteiger partial charge is 0.306 e. The Bertz CT molecular complexity index is 593. The van der Waals surface area contributed by atoms with Gasteiger partial charge in [-0.25, -0.2) is 0 Å². The molecule has 6 heteroatoms. The second-order valence-corrected chi connectivity index (χ2v) is 9.62. The second-order valence-electron chi connectivity index (χ2n) is 9.62. The minimum atomic E-state index is -0.508. The lowest BCUT2D eigenvalue weighted by atomic mass is 9.82. The molecule has 32 heavy (non-hydrogen) atoms. The molecule has 1 saturated heterocycles. The first-order valence-corrected chi connectivity index (χ1v) is 12.7. The van der Waals surface area contributed by atoms with Crippen LogP contribution in [0.4, 0.5) is 0 Å². The van der Waals surface area contributed by atoms with Crippen molar-refractivity contribution >= 4 is 11.8 Å². The highest BCUT2D eigenvalue weighted by molar-refractivity contribution is 5.84. The van der Waals surface area contributed by atoms with Gasteiger partial charge in [0, 0.05) is 38.2 Å². The molecule has 1 saturated carbocycles. The molecule has 0 spiro atoms. The van der Waals surface area contributed by atoms with Gasteiger partial charge in [-0.15, -0.1) is 0 Å². The molecular weight excluding hydrogens is 408 g/mol. The summed E-state index contributed by atoms with van der Waals surface area (Å²) in [5.41, 5.74) is 0. The Morgan fingerprint density at radius 3 is 2.59 bits per heavy atom. The molecule has 0 aromatic rings. The highest BCUT2D eigenvalue weighted by Crippen LogP contribution is 2.42. The van der Waals surface area contributed by atoms with Crippen LogP contribution in [-0.2, 0) is 23.8 Å². The van der Waals surface area contributed by atoms with E-state index in [4.69, 9.17) is 14.2 Å². The Balaban J connectivity index is 1.84. The third kappa shape index (κ3) is 8.60. The van der Waals surface area contributed by atoms with E-state index in [2.05, 4.69) is 19.1 Å². The lowest BCUT2D eigenvalue weighted by Gasteiger charge is -2.31. The van der Waals surface area contributed by atoms with Crippen molar-refractivity contribution < 1.29 is 28.9 Å². The number of rotatable bonds is 15. The fourth-order valence-corrected chi connectivity index (χ4v) is 5.06. The maximum atomic E-state index is 12.7. The number of hydrogen-bond donors (Lipinski definition) is 1. The fourth-order valence-electron chi connectivity index (χ4n) is 5.06. The molecule has 1 heterocycles. The van der Waals surface area contributed by atoms with Crippen molar-refractivity contribution in [3.63, 3.8) is 0 Å². The van der Waals surface area contributed by atoms with Crippen molar-refractivity contribution in [3.05, 3.63) is 12.2 Å². The number of aliphatic hydroxyl groups excluding tert-OH is 1. The molecular formula is C26H44O6. The van der Waals surface area contributed by atoms with Crippen molar-refractivity contribution in [2.45, 2.75) is 103 Å². The first-order chi connectivity index (χ1) is 15.4. The molecule has 3 atom stereocenters. The molecule has 6 nitrogen and oxygen atoms in total. The standard InChI is InChI=1S/C26H44O6/c1-4-5-10-14-26(30-16-17-31-26)15-13-22-21(19-27)18-24(28)23(22)11-8-6-7-9-12-25(29)32-20(2)3/h6,8,20-23,27H,4-5,7,9-19H2,1-3H3/b8-6-/t21-,22-,23+/m0/s1. The number of carbonyl (C=O) groups excluding carboxylic acids is 2. The SMILES string of the molecule is CCCCCC1(CC[C@H]2[C@H](CO)CC(=O)[C@@H]2C/C=C\CCCC(=O)OC(C)C)OCCO1. The van der Waals surface area contributed by atoms with Crippen molar-refractivity contribution in [2.24, 2.45) is 17.8 Å². The molecule has 2 fully saturated rings. The van der Waals surface area contributed by atoms with Crippen LogP contribution >= 0.6 is 0 Å². The van der Waals surface area contributed by atoms with Crippen LogP contribution in [0.2, 0.25) is 0 Å². The second kappa shape index (κ2) is 14.1. The van der Waals surface area contributed by atoms with Crippen LogP contribution in [-0.4, -0.2) is 48.6 Å². The largest absolute Gasteiger partial charge is 0.463 e. The van der Waals surface area contributed by atoms with Crippen LogP contribution in [0.5, 0.6) is 0 Å². The van der Waals surface area contributed by atoms with Crippen LogP contribution in [0.15, 0.2) is 12.2 Å². The summed E-state index contributed by atoms with van der Waals surface area (Å²) in [5.74, 6) is -0.272. The number of Topliss-reactive ketones (excluding diaryl/α,β-unsaturated/α-hetero) is 1. The number of allylic oxidation sites excluding steroid dienone is 2. The molecule has 0 bridgehead atoms. The van der Waals surface area contributed by atoms with Crippen LogP contribution in [0.3, 0.4) is 0 Å². The topological polar surface area (TPSA) is 82.1 Å². The Hall–Kier alpha value is -1.24. The molecule has 0 amide bonds. The van der Waals surface area contributed by atoms with Gasteiger partial charge in [-0.2, -0.15) is 0 Å². The molecule has 0 unspecified atom stereocenters. The Morgan fingerprint density at radius 2 is 1.94 bits per heavy atom. The number of unbranched alkanes of at least 4 members (excludes halogenated alkanes) is 3. The Morgan fingerprint density at radius 1 is 1.19 bits per heavy atom. The first-order valence-electron chi connectivity index (χ1n) is 12.7. The zero-order chi connectivity index (χ0) is 23.4. The quantitative estimate of drug-likeness (QED) is 0.215. The monoisotopic (exact) mass is 452 g/mol. The number of esters is 1. The number of ketones is 1. The van der Waals surface area contributed by atoms with Gasteiger partial charge >= 0.3 is 5.97 Å². The van der Waals surface area contributed by atoms with E-state index in [1.54, 1.807) is 0 Å². The van der Waals surface area contributed by atoms with E-state index in [1.165, 1.54) is 0 Å². The van der Waals surface area contributed by atoms with Crippen LogP contribution < -0.4 is 0 Å². The van der Waals surface area contributed by atoms with Gasteiger partial charge in [-0.05, 0) is 57.8 Å². The highest BCUT2D eigenvalue weighted by Gasteiger charge is 2.43. The van der Waals surface area contributed by atoms with E-state index in [-0.39, 0.29) is 42.2 Å². The van der Waals surface area contributed by atoms with E-state index in [9.17, 15) is 14.7 Å². The number of aliphatic hydroxyl groups is 1. The zero-order valence-corrected chi connectivity index (χ0v) is 20.4. The Kier molecular flexibility index (Phi) is 11.9. The lowest BCUT2D eigenvalue weighted by Crippen LogP contribution is -2.32. The molecule has 1 N–H and O–H groups in total. The van der Waals surface area contributed by atoms with E-state index in [0.29, 0.717) is 32.5 Å². The first kappa shape index (κ1) is 27.0. The number of ether oxygens (including phenoxy) is 3. The minimum Gasteiger partial charge on any atom is -0.463 e. The summed E-state index contributed by atoms with van der Waals surface area (Å²) >= 11 is 0. The predicted octanol–water partition coefficient (Wildman–Crippen LogP) is 4.97. The molecule has 184 valence electrons. The Labute approximate surface area is 194 Å². The third-order valence-corrected chi connectivity index (χ3v) is 6.74. The molecule has 1 aliphatic heterocycles. The molecule has 2 rings (SSSR count). The maximum absolute atomic E-state index is 12.7. The van der Waals surface area contributed by atoms with Crippen LogP contribution in [0, 0.1) is 17.8 Å². The summed E-state index contributed by atoms with van der Waals surface area (Å²) in [5, 5.41) is 9.88. The molecule has 1 aliphatic carbocycles. The summed E-state index contributed by atoms with van der Waals surface area (Å²) in [6.45, 7) is 7.22. The third-order valence-electron chi connectivity index (χ3n) is 6.74. The number of hydrogen-bond acceptors (Lipinski definition) is 6. The average molecular weight is 453 g/mol. The van der Waals surface area contributed by atoms with Gasteiger partial charge < -0.3 is 19.3 Å². The average Bonchev–Trinajstić information content (AvgIpc) is 3.33.